The van der Waals surface area contributed by atoms with Gasteiger partial charge in [-0.25, -0.2) is 9.59 Å². The minimum absolute atomic E-state index is 0.0724. The molecule has 2 amide bonds. The topological polar surface area (TPSA) is 70.1 Å². The Hall–Kier alpha value is -2.24. The molecular weight excluding hydrogens is 308 g/mol. The van der Waals surface area contributed by atoms with Crippen LogP contribution in [0.25, 0.3) is 0 Å². The first-order valence-electron chi connectivity index (χ1n) is 8.43. The lowest BCUT2D eigenvalue weighted by molar-refractivity contribution is 0.0128. The number of carboxylic acid groups (broad SMARTS) is 1. The molecule has 0 spiro atoms. The predicted octanol–water partition coefficient (Wildman–Crippen LogP) is 3.17. The molecule has 2 atom stereocenters. The highest BCUT2D eigenvalue weighted by Crippen LogP contribution is 2.29. The molecular formula is C18H26N2O4. The maximum Gasteiger partial charge on any atom is 0.506 e. The lowest BCUT2D eigenvalue weighted by Gasteiger charge is -2.38. The average molecular weight is 334 g/mol. The minimum Gasteiger partial charge on any atom is -0.450 e. The number of nitrogens with zero attached hydrogens (tertiary/aromatic N) is 2. The van der Waals surface area contributed by atoms with Gasteiger partial charge in [0.1, 0.15) is 6.10 Å². The van der Waals surface area contributed by atoms with Crippen molar-refractivity contribution in [2.45, 2.75) is 38.7 Å². The van der Waals surface area contributed by atoms with Crippen LogP contribution in [0.3, 0.4) is 0 Å². The van der Waals surface area contributed by atoms with Crippen molar-refractivity contribution >= 4 is 12.2 Å². The van der Waals surface area contributed by atoms with Crippen LogP contribution in [-0.2, 0) is 11.2 Å². The second-order valence-electron chi connectivity index (χ2n) is 6.24. The van der Waals surface area contributed by atoms with Crippen molar-refractivity contribution in [1.29, 1.82) is 0 Å². The van der Waals surface area contributed by atoms with Gasteiger partial charge in [-0.05, 0) is 30.9 Å². The summed E-state index contributed by atoms with van der Waals surface area (Å²) >= 11 is 0. The minimum atomic E-state index is -1.29. The van der Waals surface area contributed by atoms with Crippen LogP contribution in [0.5, 0.6) is 0 Å². The summed E-state index contributed by atoms with van der Waals surface area (Å²) < 4.78 is 4.99. The molecule has 24 heavy (non-hydrogen) atoms. The number of hydrogen-bond donors (Lipinski definition) is 1. The van der Waals surface area contributed by atoms with Crippen LogP contribution >= 0.6 is 0 Å². The summed E-state index contributed by atoms with van der Waals surface area (Å²) in [5.41, 5.74) is 2.37. The number of benzene rings is 1. The van der Waals surface area contributed by atoms with Crippen LogP contribution in [0.2, 0.25) is 0 Å². The van der Waals surface area contributed by atoms with Crippen LogP contribution < -0.4 is 0 Å². The smallest absolute Gasteiger partial charge is 0.450 e. The van der Waals surface area contributed by atoms with Crippen LogP contribution in [0.15, 0.2) is 24.3 Å². The molecule has 1 saturated heterocycles. The summed E-state index contributed by atoms with van der Waals surface area (Å²) in [4.78, 5) is 26.7. The Morgan fingerprint density at radius 2 is 1.92 bits per heavy atom. The van der Waals surface area contributed by atoms with Gasteiger partial charge in [0.05, 0.1) is 6.54 Å². The zero-order chi connectivity index (χ0) is 17.7. The van der Waals surface area contributed by atoms with E-state index in [0.29, 0.717) is 26.1 Å². The van der Waals surface area contributed by atoms with Gasteiger partial charge in [0.15, 0.2) is 0 Å². The maximum atomic E-state index is 12.5. The van der Waals surface area contributed by atoms with Crippen molar-refractivity contribution in [2.24, 2.45) is 0 Å². The van der Waals surface area contributed by atoms with E-state index in [9.17, 15) is 9.59 Å². The molecule has 1 aromatic rings. The molecule has 0 aromatic heterocycles. The fourth-order valence-electron chi connectivity index (χ4n) is 3.08. The second kappa shape index (κ2) is 8.04. The molecule has 1 aromatic carbocycles. The molecule has 1 N–H and O–H groups in total. The monoisotopic (exact) mass is 334 g/mol. The van der Waals surface area contributed by atoms with E-state index < -0.39 is 12.3 Å². The van der Waals surface area contributed by atoms with Crippen molar-refractivity contribution in [3.05, 3.63) is 35.4 Å². The van der Waals surface area contributed by atoms with Gasteiger partial charge < -0.3 is 19.6 Å². The Morgan fingerprint density at radius 3 is 2.46 bits per heavy atom. The van der Waals surface area contributed by atoms with E-state index in [-0.39, 0.29) is 11.9 Å². The molecule has 1 heterocycles. The first-order chi connectivity index (χ1) is 11.4. The standard InChI is InChI=1S/C18H26N2O4/c1-4-13-6-8-14(9-7-13)15-10-16(24-18(22)23)12-20(11-15)17(21)19(3)5-2/h6-9,15-16H,4-5,10-12H2,1-3H3,(H,22,23). The normalized spacial score (nSPS) is 20.5. The summed E-state index contributed by atoms with van der Waals surface area (Å²) in [6, 6.07) is 8.21. The van der Waals surface area contributed by atoms with Gasteiger partial charge in [-0.3, -0.25) is 0 Å². The summed E-state index contributed by atoms with van der Waals surface area (Å²) in [5.74, 6) is 0.0724. The molecule has 1 aliphatic rings. The van der Waals surface area contributed by atoms with E-state index in [1.807, 2.05) is 6.92 Å². The van der Waals surface area contributed by atoms with E-state index in [0.717, 1.165) is 12.0 Å². The Morgan fingerprint density at radius 1 is 1.25 bits per heavy atom. The Kier molecular flexibility index (Phi) is 6.06. The lowest BCUT2D eigenvalue weighted by Crippen LogP contribution is -2.50. The molecule has 132 valence electrons. The van der Waals surface area contributed by atoms with Gasteiger partial charge in [0.2, 0.25) is 0 Å². The number of hydrogen-bond acceptors (Lipinski definition) is 3. The number of ether oxygens (including phenoxy) is 1. The number of piperidine rings is 1. The number of amides is 2. The van der Waals surface area contributed by atoms with Crippen molar-refractivity contribution in [3.8, 4) is 0 Å². The van der Waals surface area contributed by atoms with E-state index in [1.54, 1.807) is 16.8 Å². The molecule has 1 fully saturated rings. The molecule has 0 bridgehead atoms. The molecule has 2 rings (SSSR count). The molecule has 6 nitrogen and oxygen atoms in total. The fourth-order valence-corrected chi connectivity index (χ4v) is 3.08. The molecule has 6 heteroatoms. The number of carbonyl (C=O) groups excluding carboxylic acids is 1. The third-order valence-electron chi connectivity index (χ3n) is 4.61. The quantitative estimate of drug-likeness (QED) is 0.859. The first-order valence-corrected chi connectivity index (χ1v) is 8.43. The summed E-state index contributed by atoms with van der Waals surface area (Å²) in [7, 11) is 1.75. The molecule has 0 radical (unpaired) electrons. The van der Waals surface area contributed by atoms with Crippen LogP contribution in [0.1, 0.15) is 37.3 Å². The third-order valence-corrected chi connectivity index (χ3v) is 4.61. The van der Waals surface area contributed by atoms with Gasteiger partial charge in [-0.1, -0.05) is 31.2 Å². The number of carbonyl (C=O) groups is 2. The van der Waals surface area contributed by atoms with Crippen LogP contribution in [-0.4, -0.2) is 59.9 Å². The van der Waals surface area contributed by atoms with Gasteiger partial charge in [0, 0.05) is 26.1 Å². The van der Waals surface area contributed by atoms with E-state index in [1.165, 1.54) is 5.56 Å². The van der Waals surface area contributed by atoms with Crippen LogP contribution in [0.4, 0.5) is 9.59 Å². The van der Waals surface area contributed by atoms with Gasteiger partial charge in [-0.15, -0.1) is 0 Å². The number of rotatable bonds is 4. The number of likely N-dealkylation sites (tertiary alicyclic amines) is 1. The lowest BCUT2D eigenvalue weighted by atomic mass is 9.88. The predicted molar refractivity (Wildman–Crippen MR) is 91.3 cm³/mol. The second-order valence-corrected chi connectivity index (χ2v) is 6.24. The van der Waals surface area contributed by atoms with Crippen LogP contribution in [0, 0.1) is 0 Å². The van der Waals surface area contributed by atoms with Gasteiger partial charge in [0.25, 0.3) is 0 Å². The summed E-state index contributed by atoms with van der Waals surface area (Å²) in [5, 5.41) is 8.93. The number of urea groups is 1. The SMILES string of the molecule is CCc1ccc(C2CC(OC(=O)O)CN(C(=O)N(C)CC)C2)cc1. The van der Waals surface area contributed by atoms with Gasteiger partial charge in [-0.2, -0.15) is 0 Å². The van der Waals surface area contributed by atoms with Gasteiger partial charge >= 0.3 is 12.2 Å². The molecule has 0 saturated carbocycles. The van der Waals surface area contributed by atoms with Crippen molar-refractivity contribution < 1.29 is 19.4 Å². The first kappa shape index (κ1) is 18.1. The number of aryl methyl sites for hydroxylation is 1. The van der Waals surface area contributed by atoms with E-state index >= 15 is 0 Å². The van der Waals surface area contributed by atoms with E-state index in [2.05, 4.69) is 31.2 Å². The zero-order valence-electron chi connectivity index (χ0n) is 14.6. The maximum absolute atomic E-state index is 12.5. The summed E-state index contributed by atoms with van der Waals surface area (Å²) in [6.45, 7) is 5.50. The van der Waals surface area contributed by atoms with Crippen molar-refractivity contribution in [2.75, 3.05) is 26.7 Å². The van der Waals surface area contributed by atoms with Crippen molar-refractivity contribution in [1.82, 2.24) is 9.80 Å². The van der Waals surface area contributed by atoms with E-state index in [4.69, 9.17) is 9.84 Å². The largest absolute Gasteiger partial charge is 0.506 e. The fraction of sp³-hybridized carbons (Fsp3) is 0.556. The Bertz CT molecular complexity index is 573. The van der Waals surface area contributed by atoms with Crippen molar-refractivity contribution in [3.63, 3.8) is 0 Å². The molecule has 1 aliphatic heterocycles. The molecule has 0 aliphatic carbocycles. The average Bonchev–Trinajstić information content (AvgIpc) is 2.59. The molecule has 2 unspecified atom stereocenters. The third kappa shape index (κ3) is 4.40. The Balaban J connectivity index is 2.19. The highest BCUT2D eigenvalue weighted by molar-refractivity contribution is 5.74. The highest BCUT2D eigenvalue weighted by atomic mass is 16.7. The summed E-state index contributed by atoms with van der Waals surface area (Å²) in [6.07, 6.45) is -0.224. The Labute approximate surface area is 143 Å². The highest BCUT2D eigenvalue weighted by Gasteiger charge is 2.33. The zero-order valence-corrected chi connectivity index (χ0v) is 14.6.